The molecule has 21 heavy (non-hydrogen) atoms. The van der Waals surface area contributed by atoms with Crippen LogP contribution in [0.15, 0.2) is 6.33 Å². The van der Waals surface area contributed by atoms with Crippen LogP contribution in [-0.2, 0) is 13.0 Å². The summed E-state index contributed by atoms with van der Waals surface area (Å²) < 4.78 is 1.93. The standard InChI is InChI=1S/C17H31N3O/c1-5-10-20-16(18-12-19-20)11-15(21)13-6-8-14(9-7-13)17(2,3)4/h12-15,21H,5-11H2,1-4H3. The first-order valence-corrected chi connectivity index (χ1v) is 8.46. The largest absolute Gasteiger partial charge is 0.392 e. The van der Waals surface area contributed by atoms with Gasteiger partial charge >= 0.3 is 0 Å². The van der Waals surface area contributed by atoms with E-state index in [1.165, 1.54) is 12.8 Å². The molecule has 1 aromatic heterocycles. The molecule has 1 aromatic rings. The molecular weight excluding hydrogens is 262 g/mol. The van der Waals surface area contributed by atoms with Crippen molar-refractivity contribution in [1.29, 1.82) is 0 Å². The first-order chi connectivity index (χ1) is 9.91. The molecule has 1 saturated carbocycles. The quantitative estimate of drug-likeness (QED) is 0.904. The Bertz CT molecular complexity index is 427. The lowest BCUT2D eigenvalue weighted by Crippen LogP contribution is -2.32. The van der Waals surface area contributed by atoms with Gasteiger partial charge in [-0.2, -0.15) is 5.10 Å². The van der Waals surface area contributed by atoms with Crippen molar-refractivity contribution in [3.05, 3.63) is 12.2 Å². The molecule has 4 nitrogen and oxygen atoms in total. The Labute approximate surface area is 129 Å². The van der Waals surface area contributed by atoms with Crippen LogP contribution in [0.5, 0.6) is 0 Å². The Morgan fingerprint density at radius 1 is 1.29 bits per heavy atom. The second-order valence-electron chi connectivity index (χ2n) is 7.65. The van der Waals surface area contributed by atoms with Gasteiger partial charge < -0.3 is 5.11 Å². The molecule has 4 heteroatoms. The van der Waals surface area contributed by atoms with Gasteiger partial charge in [-0.25, -0.2) is 4.98 Å². The van der Waals surface area contributed by atoms with Crippen molar-refractivity contribution >= 4 is 0 Å². The van der Waals surface area contributed by atoms with E-state index in [1.807, 2.05) is 4.68 Å². The number of nitrogens with zero attached hydrogens (tertiary/aromatic N) is 3. The Morgan fingerprint density at radius 3 is 2.52 bits per heavy atom. The lowest BCUT2D eigenvalue weighted by atomic mass is 9.68. The molecule has 120 valence electrons. The van der Waals surface area contributed by atoms with Gasteiger partial charge in [-0.15, -0.1) is 0 Å². The van der Waals surface area contributed by atoms with E-state index < -0.39 is 0 Å². The van der Waals surface area contributed by atoms with Gasteiger partial charge in [0.05, 0.1) is 6.10 Å². The summed E-state index contributed by atoms with van der Waals surface area (Å²) in [6.45, 7) is 10.0. The monoisotopic (exact) mass is 293 g/mol. The zero-order valence-electron chi connectivity index (χ0n) is 14.0. The Balaban J connectivity index is 1.87. The summed E-state index contributed by atoms with van der Waals surface area (Å²) >= 11 is 0. The van der Waals surface area contributed by atoms with Gasteiger partial charge in [0, 0.05) is 13.0 Å². The van der Waals surface area contributed by atoms with E-state index in [0.717, 1.165) is 37.5 Å². The molecule has 1 atom stereocenters. The SMILES string of the molecule is CCCn1ncnc1CC(O)C1CCC(C(C)(C)C)CC1. The van der Waals surface area contributed by atoms with Gasteiger partial charge in [-0.3, -0.25) is 4.68 Å². The average molecular weight is 293 g/mol. The summed E-state index contributed by atoms with van der Waals surface area (Å²) in [5, 5.41) is 14.8. The summed E-state index contributed by atoms with van der Waals surface area (Å²) in [6.07, 6.45) is 7.79. The van der Waals surface area contributed by atoms with E-state index >= 15 is 0 Å². The van der Waals surface area contributed by atoms with E-state index in [-0.39, 0.29) is 6.10 Å². The fourth-order valence-electron chi connectivity index (χ4n) is 3.57. The maximum atomic E-state index is 10.5. The minimum atomic E-state index is -0.272. The minimum absolute atomic E-state index is 0.272. The molecule has 1 aliphatic carbocycles. The maximum Gasteiger partial charge on any atom is 0.138 e. The van der Waals surface area contributed by atoms with Crippen LogP contribution >= 0.6 is 0 Å². The van der Waals surface area contributed by atoms with Gasteiger partial charge in [0.25, 0.3) is 0 Å². The molecular formula is C17H31N3O. The lowest BCUT2D eigenvalue weighted by molar-refractivity contribution is 0.0518. The zero-order chi connectivity index (χ0) is 15.5. The van der Waals surface area contributed by atoms with Crippen molar-refractivity contribution in [2.75, 3.05) is 0 Å². The van der Waals surface area contributed by atoms with Crippen molar-refractivity contribution in [3.8, 4) is 0 Å². The van der Waals surface area contributed by atoms with Crippen molar-refractivity contribution in [1.82, 2.24) is 14.8 Å². The smallest absolute Gasteiger partial charge is 0.138 e. The van der Waals surface area contributed by atoms with E-state index in [2.05, 4.69) is 37.8 Å². The highest BCUT2D eigenvalue weighted by Crippen LogP contribution is 2.40. The molecule has 1 aliphatic rings. The highest BCUT2D eigenvalue weighted by atomic mass is 16.3. The molecule has 2 rings (SSSR count). The average Bonchev–Trinajstić information content (AvgIpc) is 2.86. The van der Waals surface area contributed by atoms with Crippen LogP contribution in [0.4, 0.5) is 0 Å². The first-order valence-electron chi connectivity index (χ1n) is 8.46. The third kappa shape index (κ3) is 4.29. The van der Waals surface area contributed by atoms with E-state index in [1.54, 1.807) is 6.33 Å². The fraction of sp³-hybridized carbons (Fsp3) is 0.882. The summed E-state index contributed by atoms with van der Waals surface area (Å²) in [6, 6.07) is 0. The normalized spacial score (nSPS) is 25.0. The summed E-state index contributed by atoms with van der Waals surface area (Å²) in [5.41, 5.74) is 0.400. The maximum absolute atomic E-state index is 10.5. The Hall–Kier alpha value is -0.900. The number of rotatable bonds is 5. The van der Waals surface area contributed by atoms with Crippen molar-refractivity contribution < 1.29 is 5.11 Å². The number of hydrogen-bond donors (Lipinski definition) is 1. The third-order valence-electron chi connectivity index (χ3n) is 5.06. The molecule has 1 fully saturated rings. The van der Waals surface area contributed by atoms with Gasteiger partial charge in [0.15, 0.2) is 0 Å². The number of aryl methyl sites for hydroxylation is 1. The molecule has 0 spiro atoms. The van der Waals surface area contributed by atoms with E-state index in [4.69, 9.17) is 0 Å². The molecule has 1 unspecified atom stereocenters. The zero-order valence-corrected chi connectivity index (χ0v) is 14.0. The van der Waals surface area contributed by atoms with Crippen molar-refractivity contribution in [3.63, 3.8) is 0 Å². The number of hydrogen-bond acceptors (Lipinski definition) is 3. The van der Waals surface area contributed by atoms with Crippen molar-refractivity contribution in [2.24, 2.45) is 17.3 Å². The van der Waals surface area contributed by atoms with Gasteiger partial charge in [0.1, 0.15) is 12.2 Å². The second kappa shape index (κ2) is 6.91. The van der Waals surface area contributed by atoms with Gasteiger partial charge in [0.2, 0.25) is 0 Å². The highest BCUT2D eigenvalue weighted by molar-refractivity contribution is 4.91. The Kier molecular flexibility index (Phi) is 5.42. The van der Waals surface area contributed by atoms with Gasteiger partial charge in [-0.05, 0) is 49.4 Å². The predicted octanol–water partition coefficient (Wildman–Crippen LogP) is 3.44. The van der Waals surface area contributed by atoms with Crippen molar-refractivity contribution in [2.45, 2.75) is 78.9 Å². The third-order valence-corrected chi connectivity index (χ3v) is 5.06. The van der Waals surface area contributed by atoms with E-state index in [9.17, 15) is 5.11 Å². The number of aliphatic hydroxyl groups excluding tert-OH is 1. The minimum Gasteiger partial charge on any atom is -0.392 e. The molecule has 0 bridgehead atoms. The molecule has 0 radical (unpaired) electrons. The van der Waals surface area contributed by atoms with Crippen LogP contribution in [0.25, 0.3) is 0 Å². The fourth-order valence-corrected chi connectivity index (χ4v) is 3.57. The second-order valence-corrected chi connectivity index (χ2v) is 7.65. The molecule has 0 aliphatic heterocycles. The molecule has 0 amide bonds. The summed E-state index contributed by atoms with van der Waals surface area (Å²) in [4.78, 5) is 4.32. The van der Waals surface area contributed by atoms with Crippen LogP contribution in [0.2, 0.25) is 0 Å². The molecule has 0 saturated heterocycles. The highest BCUT2D eigenvalue weighted by Gasteiger charge is 2.32. The van der Waals surface area contributed by atoms with Crippen LogP contribution in [-0.4, -0.2) is 26.0 Å². The summed E-state index contributed by atoms with van der Waals surface area (Å²) in [5.74, 6) is 2.15. The molecule has 1 N–H and O–H groups in total. The molecule has 1 heterocycles. The van der Waals surface area contributed by atoms with Crippen LogP contribution in [0.1, 0.15) is 65.6 Å². The van der Waals surface area contributed by atoms with Crippen LogP contribution in [0.3, 0.4) is 0 Å². The lowest BCUT2D eigenvalue weighted by Gasteiger charge is -2.38. The molecule has 0 aromatic carbocycles. The summed E-state index contributed by atoms with van der Waals surface area (Å²) in [7, 11) is 0. The topological polar surface area (TPSA) is 50.9 Å². The predicted molar refractivity (Wildman–Crippen MR) is 84.9 cm³/mol. The number of aliphatic hydroxyl groups is 1. The van der Waals surface area contributed by atoms with Gasteiger partial charge in [-0.1, -0.05) is 27.7 Å². The van der Waals surface area contributed by atoms with E-state index in [0.29, 0.717) is 17.8 Å². The van der Waals surface area contributed by atoms with Crippen LogP contribution < -0.4 is 0 Å². The first kappa shape index (κ1) is 16.5. The number of aromatic nitrogens is 3. The Morgan fingerprint density at radius 2 is 1.95 bits per heavy atom. The van der Waals surface area contributed by atoms with Crippen LogP contribution in [0, 0.1) is 17.3 Å².